The number of sulfone groups is 1. The molecule has 19 heavy (non-hydrogen) atoms. The van der Waals surface area contributed by atoms with Crippen molar-refractivity contribution < 1.29 is 23.1 Å². The van der Waals surface area contributed by atoms with E-state index in [9.17, 15) is 23.1 Å². The molecule has 0 aliphatic carbocycles. The molecule has 0 bridgehead atoms. The molecule has 2 N–H and O–H groups in total. The van der Waals surface area contributed by atoms with Gasteiger partial charge in [0.25, 0.3) is 0 Å². The Hall–Kier alpha value is -0.760. The maximum absolute atomic E-state index is 11.7. The van der Waals surface area contributed by atoms with Gasteiger partial charge < -0.3 is 10.4 Å². The van der Waals surface area contributed by atoms with Crippen molar-refractivity contribution in [3.8, 4) is 0 Å². The maximum atomic E-state index is 11.7. The number of hydrogen-bond acceptors (Lipinski definition) is 5. The molecule has 1 atom stereocenters. The minimum absolute atomic E-state index is 0.0618. The largest absolute Gasteiger partial charge is 0.479 e. The Morgan fingerprint density at radius 1 is 1.42 bits per heavy atom. The highest BCUT2D eigenvalue weighted by molar-refractivity contribution is 7.99. The van der Waals surface area contributed by atoms with E-state index in [2.05, 4.69) is 5.32 Å². The van der Waals surface area contributed by atoms with Crippen LogP contribution < -0.4 is 5.32 Å². The molecule has 1 saturated heterocycles. The molecule has 1 rings (SSSR count). The zero-order valence-electron chi connectivity index (χ0n) is 11.0. The first-order valence-corrected chi connectivity index (χ1v) is 8.97. The van der Waals surface area contributed by atoms with Gasteiger partial charge in [-0.3, -0.25) is 4.79 Å². The van der Waals surface area contributed by atoms with Gasteiger partial charge in [0, 0.05) is 5.75 Å². The van der Waals surface area contributed by atoms with Gasteiger partial charge in [0.05, 0.1) is 5.75 Å². The number of carboxylic acids is 1. The number of carboxylic acid groups (broad SMARTS) is 1. The summed E-state index contributed by atoms with van der Waals surface area (Å²) in [4.78, 5) is 23.0. The van der Waals surface area contributed by atoms with E-state index in [0.717, 1.165) is 0 Å². The van der Waals surface area contributed by atoms with E-state index in [1.807, 2.05) is 0 Å². The number of carbonyl (C=O) groups excluding carboxylic acids is 1. The van der Waals surface area contributed by atoms with Gasteiger partial charge in [0.2, 0.25) is 5.91 Å². The molecule has 0 spiro atoms. The van der Waals surface area contributed by atoms with E-state index >= 15 is 0 Å². The lowest BCUT2D eigenvalue weighted by atomic mass is 9.99. The zero-order chi connectivity index (χ0) is 14.7. The summed E-state index contributed by atoms with van der Waals surface area (Å²) >= 11 is 1.43. The van der Waals surface area contributed by atoms with Crippen LogP contribution in [0.5, 0.6) is 0 Å². The molecule has 1 unspecified atom stereocenters. The predicted molar refractivity (Wildman–Crippen MR) is 73.9 cm³/mol. The highest BCUT2D eigenvalue weighted by Gasteiger charge is 2.43. The van der Waals surface area contributed by atoms with Crippen LogP contribution >= 0.6 is 11.8 Å². The van der Waals surface area contributed by atoms with Gasteiger partial charge in [-0.25, -0.2) is 13.2 Å². The summed E-state index contributed by atoms with van der Waals surface area (Å²) in [6, 6.07) is 0. The van der Waals surface area contributed by atoms with E-state index < -0.39 is 33.0 Å². The van der Waals surface area contributed by atoms with Crippen LogP contribution in [-0.2, 0) is 19.4 Å². The van der Waals surface area contributed by atoms with Crippen LogP contribution in [0.3, 0.4) is 0 Å². The smallest absolute Gasteiger partial charge is 0.330 e. The normalized spacial score (nSPS) is 23.5. The molecule has 6 nitrogen and oxygen atoms in total. The Balaban J connectivity index is 2.67. The minimum atomic E-state index is -3.49. The van der Waals surface area contributed by atoms with Crippen LogP contribution in [0, 0.1) is 5.92 Å². The molecule has 0 aromatic heterocycles. The average Bonchev–Trinajstić information content (AvgIpc) is 2.63. The summed E-state index contributed by atoms with van der Waals surface area (Å²) in [5.41, 5.74) is -1.31. The van der Waals surface area contributed by atoms with Crippen molar-refractivity contribution in [1.82, 2.24) is 5.32 Å². The van der Waals surface area contributed by atoms with Crippen LogP contribution in [0.25, 0.3) is 0 Å². The fraction of sp³-hybridized carbons (Fsp3) is 0.818. The van der Waals surface area contributed by atoms with Gasteiger partial charge in [-0.2, -0.15) is 11.8 Å². The molecule has 8 heteroatoms. The predicted octanol–water partition coefficient (Wildman–Crippen LogP) is 0.134. The third-order valence-electron chi connectivity index (χ3n) is 2.75. The molecule has 1 amide bonds. The second kappa shape index (κ2) is 6.13. The second-order valence-electron chi connectivity index (χ2n) is 5.19. The van der Waals surface area contributed by atoms with Crippen LogP contribution in [-0.4, -0.2) is 54.0 Å². The number of rotatable bonds is 6. The highest BCUT2D eigenvalue weighted by Crippen LogP contribution is 2.28. The summed E-state index contributed by atoms with van der Waals surface area (Å²) in [6.07, 6.45) is 0.322. The second-order valence-corrected chi connectivity index (χ2v) is 8.40. The first-order valence-electron chi connectivity index (χ1n) is 5.99. The van der Waals surface area contributed by atoms with Crippen LogP contribution in [0.4, 0.5) is 0 Å². The molecular formula is C11H19NO5S2. The fourth-order valence-electron chi connectivity index (χ4n) is 1.96. The Kier molecular flexibility index (Phi) is 5.26. The molecule has 0 radical (unpaired) electrons. The van der Waals surface area contributed by atoms with Gasteiger partial charge in [0.1, 0.15) is 11.3 Å². The van der Waals surface area contributed by atoms with Crippen molar-refractivity contribution in [2.45, 2.75) is 25.8 Å². The van der Waals surface area contributed by atoms with Crippen molar-refractivity contribution >= 4 is 33.5 Å². The first kappa shape index (κ1) is 16.3. The van der Waals surface area contributed by atoms with Gasteiger partial charge >= 0.3 is 5.97 Å². The Bertz CT molecular complexity index is 452. The Morgan fingerprint density at radius 3 is 2.47 bits per heavy atom. The monoisotopic (exact) mass is 309 g/mol. The molecule has 1 aliphatic rings. The van der Waals surface area contributed by atoms with Crippen LogP contribution in [0.1, 0.15) is 20.3 Å². The molecule has 0 aromatic rings. The zero-order valence-corrected chi connectivity index (χ0v) is 12.6. The summed E-state index contributed by atoms with van der Waals surface area (Å²) in [6.45, 7) is 3.50. The highest BCUT2D eigenvalue weighted by atomic mass is 32.2. The molecule has 1 aliphatic heterocycles. The van der Waals surface area contributed by atoms with Crippen molar-refractivity contribution in [2.75, 3.05) is 23.0 Å². The summed E-state index contributed by atoms with van der Waals surface area (Å²) in [5, 5.41) is 11.6. The van der Waals surface area contributed by atoms with Gasteiger partial charge in [-0.1, -0.05) is 13.8 Å². The molecule has 1 fully saturated rings. The molecular weight excluding hydrogens is 290 g/mol. The van der Waals surface area contributed by atoms with Gasteiger partial charge in [-0.05, 0) is 18.1 Å². The lowest BCUT2D eigenvalue weighted by molar-refractivity contribution is -0.146. The summed E-state index contributed by atoms with van der Waals surface area (Å²) < 4.78 is 23.4. The average molecular weight is 309 g/mol. The number of aliphatic carboxylic acids is 1. The van der Waals surface area contributed by atoms with E-state index in [0.29, 0.717) is 12.2 Å². The van der Waals surface area contributed by atoms with Gasteiger partial charge in [-0.15, -0.1) is 0 Å². The van der Waals surface area contributed by atoms with Crippen LogP contribution in [0.15, 0.2) is 0 Å². The van der Waals surface area contributed by atoms with Crippen molar-refractivity contribution in [3.05, 3.63) is 0 Å². The molecule has 0 aromatic carbocycles. The number of amides is 1. The van der Waals surface area contributed by atoms with E-state index in [1.54, 1.807) is 13.8 Å². The van der Waals surface area contributed by atoms with E-state index in [-0.39, 0.29) is 17.4 Å². The molecule has 1 heterocycles. The number of nitrogens with one attached hydrogen (secondary N) is 1. The Labute approximate surface area is 117 Å². The standard InChI is InChI=1S/C11H19NO5S2/c1-8(2)5-19(16,17)6-9(13)12-11(10(14)15)3-4-18-7-11/h8H,3-7H2,1-2H3,(H,12,13)(H,14,15). The van der Waals surface area contributed by atoms with Crippen molar-refractivity contribution in [3.63, 3.8) is 0 Å². The molecule has 0 saturated carbocycles. The number of carbonyl (C=O) groups is 2. The lowest BCUT2D eigenvalue weighted by Crippen LogP contribution is -2.56. The van der Waals surface area contributed by atoms with Crippen molar-refractivity contribution in [2.24, 2.45) is 5.92 Å². The third-order valence-corrected chi connectivity index (χ3v) is 5.81. The quantitative estimate of drug-likeness (QED) is 0.723. The maximum Gasteiger partial charge on any atom is 0.330 e. The lowest BCUT2D eigenvalue weighted by Gasteiger charge is -2.24. The first-order chi connectivity index (χ1) is 8.67. The van der Waals surface area contributed by atoms with Gasteiger partial charge in [0.15, 0.2) is 9.84 Å². The topological polar surface area (TPSA) is 101 Å². The molecule has 110 valence electrons. The Morgan fingerprint density at radius 2 is 2.05 bits per heavy atom. The summed E-state index contributed by atoms with van der Waals surface area (Å²) in [7, 11) is -3.49. The van der Waals surface area contributed by atoms with E-state index in [1.165, 1.54) is 11.8 Å². The minimum Gasteiger partial charge on any atom is -0.479 e. The summed E-state index contributed by atoms with van der Waals surface area (Å²) in [5.74, 6) is -1.70. The van der Waals surface area contributed by atoms with Crippen molar-refractivity contribution in [1.29, 1.82) is 0 Å². The number of thioether (sulfide) groups is 1. The SMILES string of the molecule is CC(C)CS(=O)(=O)CC(=O)NC1(C(=O)O)CCSC1. The van der Waals surface area contributed by atoms with Crippen LogP contribution in [0.2, 0.25) is 0 Å². The van der Waals surface area contributed by atoms with E-state index in [4.69, 9.17) is 0 Å². The fourth-order valence-corrected chi connectivity index (χ4v) is 4.89. The number of hydrogen-bond donors (Lipinski definition) is 2. The third kappa shape index (κ3) is 4.68.